The lowest BCUT2D eigenvalue weighted by Crippen LogP contribution is -2.27. The number of aromatic amines is 1. The minimum Gasteiger partial charge on any atom is -0.358 e. The number of rotatable bonds is 3. The van der Waals surface area contributed by atoms with Crippen LogP contribution in [-0.2, 0) is 6.54 Å². The number of nitrogens with one attached hydrogen (secondary N) is 3. The van der Waals surface area contributed by atoms with E-state index in [-0.39, 0.29) is 0 Å². The van der Waals surface area contributed by atoms with Crippen molar-refractivity contribution < 1.29 is 0 Å². The quantitative estimate of drug-likeness (QED) is 0.646. The van der Waals surface area contributed by atoms with Crippen LogP contribution < -0.4 is 10.6 Å². The van der Waals surface area contributed by atoms with Crippen molar-refractivity contribution in [2.24, 2.45) is 0 Å². The van der Waals surface area contributed by atoms with Gasteiger partial charge in [0.2, 0.25) is 0 Å². The molecule has 0 spiro atoms. The van der Waals surface area contributed by atoms with Gasteiger partial charge in [0.05, 0.1) is 17.4 Å². The summed E-state index contributed by atoms with van der Waals surface area (Å²) in [6.07, 6.45) is 1.68. The van der Waals surface area contributed by atoms with Gasteiger partial charge in [-0.25, -0.2) is 4.98 Å². The van der Waals surface area contributed by atoms with Crippen molar-refractivity contribution in [3.63, 3.8) is 0 Å². The van der Waals surface area contributed by atoms with E-state index in [1.165, 1.54) is 5.56 Å². The Bertz CT molecular complexity index is 721. The zero-order valence-corrected chi connectivity index (χ0v) is 11.6. The number of hydrogen-bond donors (Lipinski definition) is 3. The molecule has 0 saturated heterocycles. The van der Waals surface area contributed by atoms with Crippen molar-refractivity contribution >= 4 is 34.1 Å². The standard InChI is InChI=1S/C15H14N4S/c20-15(16-9-11-4-2-1-3-5-11)19-12-6-7-13-14(8-12)18-10-17-13/h1-8,10H,9H2,(H,17,18)(H2,16,19,20). The number of hydrogen-bond acceptors (Lipinski definition) is 2. The SMILES string of the molecule is S=C(NCc1ccccc1)Nc1ccc2[nH]cnc2c1. The van der Waals surface area contributed by atoms with Gasteiger partial charge in [0.25, 0.3) is 0 Å². The fourth-order valence-electron chi connectivity index (χ4n) is 1.96. The molecule has 0 unspecified atom stereocenters. The lowest BCUT2D eigenvalue weighted by molar-refractivity contribution is 0.926. The fourth-order valence-corrected chi connectivity index (χ4v) is 2.15. The van der Waals surface area contributed by atoms with E-state index in [0.29, 0.717) is 11.7 Å². The maximum Gasteiger partial charge on any atom is 0.171 e. The fraction of sp³-hybridized carbons (Fsp3) is 0.0667. The minimum absolute atomic E-state index is 0.601. The van der Waals surface area contributed by atoms with E-state index >= 15 is 0 Å². The van der Waals surface area contributed by atoms with Gasteiger partial charge in [-0.3, -0.25) is 0 Å². The molecule has 0 radical (unpaired) electrons. The summed E-state index contributed by atoms with van der Waals surface area (Å²) >= 11 is 5.29. The first kappa shape index (κ1) is 12.6. The maximum absolute atomic E-state index is 5.29. The molecule has 5 heteroatoms. The summed E-state index contributed by atoms with van der Waals surface area (Å²) in [7, 11) is 0. The number of imidazole rings is 1. The first-order valence-electron chi connectivity index (χ1n) is 6.33. The van der Waals surface area contributed by atoms with Crippen molar-refractivity contribution in [1.82, 2.24) is 15.3 Å². The third kappa shape index (κ3) is 2.95. The van der Waals surface area contributed by atoms with Crippen LogP contribution in [-0.4, -0.2) is 15.1 Å². The third-order valence-corrected chi connectivity index (χ3v) is 3.22. The summed E-state index contributed by atoms with van der Waals surface area (Å²) in [4.78, 5) is 7.28. The molecule has 2 aromatic carbocycles. The lowest BCUT2D eigenvalue weighted by atomic mass is 10.2. The van der Waals surface area contributed by atoms with Gasteiger partial charge < -0.3 is 15.6 Å². The molecule has 0 atom stereocenters. The van der Waals surface area contributed by atoms with E-state index in [1.54, 1.807) is 6.33 Å². The van der Waals surface area contributed by atoms with Crippen molar-refractivity contribution in [2.45, 2.75) is 6.54 Å². The molecule has 20 heavy (non-hydrogen) atoms. The second-order valence-electron chi connectivity index (χ2n) is 4.43. The Morgan fingerprint density at radius 3 is 2.85 bits per heavy atom. The van der Waals surface area contributed by atoms with Crippen LogP contribution in [0.3, 0.4) is 0 Å². The summed E-state index contributed by atoms with van der Waals surface area (Å²) < 4.78 is 0. The molecule has 0 bridgehead atoms. The van der Waals surface area contributed by atoms with Gasteiger partial charge in [-0.2, -0.15) is 0 Å². The highest BCUT2D eigenvalue weighted by Gasteiger charge is 2.01. The summed E-state index contributed by atoms with van der Waals surface area (Å²) in [5.41, 5.74) is 4.05. The largest absolute Gasteiger partial charge is 0.358 e. The van der Waals surface area contributed by atoms with Gasteiger partial charge >= 0.3 is 0 Å². The highest BCUT2D eigenvalue weighted by atomic mass is 32.1. The number of benzene rings is 2. The van der Waals surface area contributed by atoms with Crippen LogP contribution in [0.15, 0.2) is 54.9 Å². The van der Waals surface area contributed by atoms with Crippen LogP contribution in [0.5, 0.6) is 0 Å². The number of thiocarbonyl (C=S) groups is 1. The molecular formula is C15H14N4S. The first-order valence-corrected chi connectivity index (χ1v) is 6.74. The lowest BCUT2D eigenvalue weighted by Gasteiger charge is -2.10. The van der Waals surface area contributed by atoms with Crippen molar-refractivity contribution in [3.8, 4) is 0 Å². The number of fused-ring (bicyclic) bond motifs is 1. The predicted molar refractivity (Wildman–Crippen MR) is 85.6 cm³/mol. The van der Waals surface area contributed by atoms with Gasteiger partial charge in [0, 0.05) is 12.2 Å². The Kier molecular flexibility index (Phi) is 3.60. The normalized spacial score (nSPS) is 10.4. The Labute approximate surface area is 122 Å². The van der Waals surface area contributed by atoms with E-state index in [1.807, 2.05) is 36.4 Å². The van der Waals surface area contributed by atoms with Crippen molar-refractivity contribution in [3.05, 3.63) is 60.4 Å². The topological polar surface area (TPSA) is 52.7 Å². The number of aromatic nitrogens is 2. The Morgan fingerprint density at radius 2 is 2.00 bits per heavy atom. The van der Waals surface area contributed by atoms with E-state index in [0.717, 1.165) is 16.7 Å². The zero-order valence-electron chi connectivity index (χ0n) is 10.8. The zero-order chi connectivity index (χ0) is 13.8. The molecule has 1 aromatic heterocycles. The number of H-pyrrole nitrogens is 1. The Hall–Kier alpha value is -2.40. The van der Waals surface area contributed by atoms with Crippen molar-refractivity contribution in [2.75, 3.05) is 5.32 Å². The second-order valence-corrected chi connectivity index (χ2v) is 4.84. The molecule has 3 N–H and O–H groups in total. The number of nitrogens with zero attached hydrogens (tertiary/aromatic N) is 1. The summed E-state index contributed by atoms with van der Waals surface area (Å²) in [5.74, 6) is 0. The molecule has 100 valence electrons. The predicted octanol–water partition coefficient (Wildman–Crippen LogP) is 3.05. The summed E-state index contributed by atoms with van der Waals surface area (Å²) in [6.45, 7) is 0.706. The van der Waals surface area contributed by atoms with Crippen LogP contribution in [0.2, 0.25) is 0 Å². The molecule has 0 amide bonds. The summed E-state index contributed by atoms with van der Waals surface area (Å²) in [6, 6.07) is 16.1. The highest BCUT2D eigenvalue weighted by molar-refractivity contribution is 7.80. The summed E-state index contributed by atoms with van der Waals surface area (Å²) in [5, 5.41) is 6.94. The van der Waals surface area contributed by atoms with Crippen LogP contribution in [0, 0.1) is 0 Å². The van der Waals surface area contributed by atoms with Crippen molar-refractivity contribution in [1.29, 1.82) is 0 Å². The van der Waals surface area contributed by atoms with Crippen LogP contribution >= 0.6 is 12.2 Å². The Morgan fingerprint density at radius 1 is 1.15 bits per heavy atom. The first-order chi connectivity index (χ1) is 9.81. The molecule has 0 aliphatic carbocycles. The van der Waals surface area contributed by atoms with E-state index < -0.39 is 0 Å². The van der Waals surface area contributed by atoms with E-state index in [9.17, 15) is 0 Å². The van der Waals surface area contributed by atoms with E-state index in [2.05, 4.69) is 32.7 Å². The van der Waals surface area contributed by atoms with Gasteiger partial charge in [0.1, 0.15) is 0 Å². The van der Waals surface area contributed by atoms with Gasteiger partial charge in [-0.05, 0) is 36.0 Å². The molecule has 3 aromatic rings. The molecule has 1 heterocycles. The highest BCUT2D eigenvalue weighted by Crippen LogP contribution is 2.15. The second kappa shape index (κ2) is 5.71. The average Bonchev–Trinajstić information content (AvgIpc) is 2.94. The molecule has 0 aliphatic heterocycles. The molecule has 4 nitrogen and oxygen atoms in total. The minimum atomic E-state index is 0.601. The molecule has 0 aliphatic rings. The Balaban J connectivity index is 1.61. The molecule has 3 rings (SSSR count). The van der Waals surface area contributed by atoms with Gasteiger partial charge in [0.15, 0.2) is 5.11 Å². The molecule has 0 saturated carbocycles. The van der Waals surface area contributed by atoms with Gasteiger partial charge in [-0.15, -0.1) is 0 Å². The average molecular weight is 282 g/mol. The van der Waals surface area contributed by atoms with Crippen LogP contribution in [0.1, 0.15) is 5.56 Å². The van der Waals surface area contributed by atoms with Crippen LogP contribution in [0.4, 0.5) is 5.69 Å². The number of anilines is 1. The smallest absolute Gasteiger partial charge is 0.171 e. The van der Waals surface area contributed by atoms with E-state index in [4.69, 9.17) is 12.2 Å². The third-order valence-electron chi connectivity index (χ3n) is 2.98. The monoisotopic (exact) mass is 282 g/mol. The maximum atomic E-state index is 5.29. The van der Waals surface area contributed by atoms with Gasteiger partial charge in [-0.1, -0.05) is 30.3 Å². The molecule has 0 fully saturated rings. The van der Waals surface area contributed by atoms with Crippen LogP contribution in [0.25, 0.3) is 11.0 Å². The molecular weight excluding hydrogens is 268 g/mol.